The van der Waals surface area contributed by atoms with E-state index in [1.54, 1.807) is 11.3 Å². The van der Waals surface area contributed by atoms with E-state index in [0.29, 0.717) is 0 Å². The summed E-state index contributed by atoms with van der Waals surface area (Å²) in [5.41, 5.74) is 4.64. The van der Waals surface area contributed by atoms with Crippen molar-refractivity contribution < 1.29 is 0 Å². The molecule has 1 atom stereocenters. The zero-order valence-electron chi connectivity index (χ0n) is 10.8. The molecule has 1 saturated heterocycles. The van der Waals surface area contributed by atoms with E-state index < -0.39 is 0 Å². The maximum absolute atomic E-state index is 3.55. The van der Waals surface area contributed by atoms with E-state index in [1.165, 1.54) is 49.7 Å². The number of nitrogens with one attached hydrogen (secondary N) is 1. The Balaban J connectivity index is 1.88. The van der Waals surface area contributed by atoms with E-state index in [-0.39, 0.29) is 0 Å². The number of para-hydroxylation sites is 1. The minimum absolute atomic E-state index is 0.720. The fraction of sp³-hybridized carbons (Fsp3) is 0.500. The van der Waals surface area contributed by atoms with Crippen LogP contribution in [0.15, 0.2) is 24.3 Å². The van der Waals surface area contributed by atoms with Crippen LogP contribution in [0.5, 0.6) is 0 Å². The molecule has 0 spiro atoms. The Kier molecular flexibility index (Phi) is 2.44. The molecule has 1 aromatic carbocycles. The van der Waals surface area contributed by atoms with Gasteiger partial charge in [-0.2, -0.15) is 0 Å². The van der Waals surface area contributed by atoms with Gasteiger partial charge in [0.2, 0.25) is 0 Å². The van der Waals surface area contributed by atoms with Crippen molar-refractivity contribution in [1.82, 2.24) is 9.88 Å². The van der Waals surface area contributed by atoms with Gasteiger partial charge in [-0.05, 0) is 43.9 Å². The molecule has 4 rings (SSSR count). The lowest BCUT2D eigenvalue weighted by atomic mass is 9.96. The van der Waals surface area contributed by atoms with Crippen LogP contribution in [0.4, 0.5) is 0 Å². The van der Waals surface area contributed by atoms with Crippen molar-refractivity contribution in [2.75, 3.05) is 13.1 Å². The number of hydrogen-bond acceptors (Lipinski definition) is 1. The summed E-state index contributed by atoms with van der Waals surface area (Å²) in [5, 5.41) is 5.00. The average molecular weight is 240 g/mol. The first-order valence-electron chi connectivity index (χ1n) is 7.25. The lowest BCUT2D eigenvalue weighted by Crippen LogP contribution is -2.29. The van der Waals surface area contributed by atoms with Crippen molar-refractivity contribution in [2.24, 2.45) is 0 Å². The van der Waals surface area contributed by atoms with Gasteiger partial charge >= 0.3 is 0 Å². The Morgan fingerprint density at radius 3 is 3.11 bits per heavy atom. The molecule has 1 fully saturated rings. The molecular weight excluding hydrogens is 220 g/mol. The molecule has 2 aliphatic rings. The molecule has 1 aromatic heterocycles. The Hall–Kier alpha value is -1.28. The third kappa shape index (κ3) is 1.52. The molecule has 94 valence electrons. The highest BCUT2D eigenvalue weighted by Gasteiger charge is 2.23. The molecule has 1 unspecified atom stereocenters. The summed E-state index contributed by atoms with van der Waals surface area (Å²) in [7, 11) is 0. The summed E-state index contributed by atoms with van der Waals surface area (Å²) in [5.74, 6) is 0.720. The normalized spacial score (nSPS) is 23.4. The lowest BCUT2D eigenvalue weighted by Gasteiger charge is -2.26. The highest BCUT2D eigenvalue weighted by molar-refractivity contribution is 5.85. The topological polar surface area (TPSA) is 17.0 Å². The number of piperidine rings is 1. The van der Waals surface area contributed by atoms with Crippen LogP contribution in [-0.2, 0) is 13.0 Å². The molecule has 0 bridgehead atoms. The number of nitrogens with zero attached hydrogens (tertiary/aromatic N) is 1. The highest BCUT2D eigenvalue weighted by atomic mass is 15.0. The van der Waals surface area contributed by atoms with Gasteiger partial charge in [0.1, 0.15) is 0 Å². The molecule has 2 nitrogen and oxygen atoms in total. The Morgan fingerprint density at radius 1 is 1.22 bits per heavy atom. The van der Waals surface area contributed by atoms with Crippen LogP contribution >= 0.6 is 0 Å². The maximum Gasteiger partial charge on any atom is 0.0515 e. The zero-order chi connectivity index (χ0) is 11.9. The first-order chi connectivity index (χ1) is 8.93. The third-order valence-corrected chi connectivity index (χ3v) is 4.58. The van der Waals surface area contributed by atoms with Gasteiger partial charge < -0.3 is 9.88 Å². The molecule has 0 saturated carbocycles. The quantitative estimate of drug-likeness (QED) is 0.810. The van der Waals surface area contributed by atoms with Crippen LogP contribution in [0.1, 0.15) is 36.4 Å². The van der Waals surface area contributed by atoms with Crippen LogP contribution in [0.2, 0.25) is 0 Å². The van der Waals surface area contributed by atoms with Gasteiger partial charge in [0.25, 0.3) is 0 Å². The fourth-order valence-electron chi connectivity index (χ4n) is 3.74. The Labute approximate surface area is 108 Å². The minimum atomic E-state index is 0.720. The summed E-state index contributed by atoms with van der Waals surface area (Å²) in [4.78, 5) is 0. The number of aromatic nitrogens is 1. The largest absolute Gasteiger partial charge is 0.344 e. The second kappa shape index (κ2) is 4.13. The summed E-state index contributed by atoms with van der Waals surface area (Å²) in [6.45, 7) is 3.57. The van der Waals surface area contributed by atoms with Crippen LogP contribution < -0.4 is 5.32 Å². The molecule has 2 aliphatic heterocycles. The molecule has 0 amide bonds. The van der Waals surface area contributed by atoms with Crippen molar-refractivity contribution in [2.45, 2.75) is 38.1 Å². The van der Waals surface area contributed by atoms with E-state index in [4.69, 9.17) is 0 Å². The molecule has 0 radical (unpaired) electrons. The van der Waals surface area contributed by atoms with E-state index in [1.807, 2.05) is 0 Å². The first-order valence-corrected chi connectivity index (χ1v) is 7.25. The van der Waals surface area contributed by atoms with E-state index in [0.717, 1.165) is 12.5 Å². The Bertz CT molecular complexity index is 576. The highest BCUT2D eigenvalue weighted by Crippen LogP contribution is 2.34. The van der Waals surface area contributed by atoms with E-state index >= 15 is 0 Å². The second-order valence-electron chi connectivity index (χ2n) is 5.72. The standard InChI is InChI=1S/C16H20N2/c1-4-12-7-3-9-18-15(10-13(5-1)16(12)18)14-6-2-8-17-11-14/h1,4-5,10,14,17H,2-3,6-9,11H2. The van der Waals surface area contributed by atoms with Crippen molar-refractivity contribution in [3.63, 3.8) is 0 Å². The summed E-state index contributed by atoms with van der Waals surface area (Å²) < 4.78 is 2.60. The monoisotopic (exact) mass is 240 g/mol. The molecule has 1 N–H and O–H groups in total. The van der Waals surface area contributed by atoms with Gasteiger partial charge in [-0.1, -0.05) is 18.2 Å². The van der Waals surface area contributed by atoms with E-state index in [9.17, 15) is 0 Å². The van der Waals surface area contributed by atoms with Crippen molar-refractivity contribution in [3.8, 4) is 0 Å². The predicted molar refractivity (Wildman–Crippen MR) is 75.1 cm³/mol. The van der Waals surface area contributed by atoms with Crippen molar-refractivity contribution in [3.05, 3.63) is 35.5 Å². The van der Waals surface area contributed by atoms with Gasteiger partial charge in [0.05, 0.1) is 5.52 Å². The molecule has 0 aliphatic carbocycles. The maximum atomic E-state index is 3.55. The van der Waals surface area contributed by atoms with Crippen LogP contribution in [0.25, 0.3) is 10.9 Å². The van der Waals surface area contributed by atoms with Gasteiger partial charge in [-0.25, -0.2) is 0 Å². The Morgan fingerprint density at radius 2 is 2.22 bits per heavy atom. The summed E-state index contributed by atoms with van der Waals surface area (Å²) >= 11 is 0. The smallest absolute Gasteiger partial charge is 0.0515 e. The second-order valence-corrected chi connectivity index (χ2v) is 5.72. The minimum Gasteiger partial charge on any atom is -0.344 e. The SMILES string of the molecule is c1cc2c3c(c1)cc(C1CCCNC1)n3CCC2. The van der Waals surface area contributed by atoms with Crippen LogP contribution in [0, 0.1) is 0 Å². The number of aryl methyl sites for hydroxylation is 2. The number of hydrogen-bond donors (Lipinski definition) is 1. The molecular formula is C16H20N2. The molecule has 2 heteroatoms. The van der Waals surface area contributed by atoms with Gasteiger partial charge in [0, 0.05) is 30.1 Å². The molecule has 18 heavy (non-hydrogen) atoms. The predicted octanol–water partition coefficient (Wildman–Crippen LogP) is 3.05. The van der Waals surface area contributed by atoms with Gasteiger partial charge in [0.15, 0.2) is 0 Å². The average Bonchev–Trinajstić information content (AvgIpc) is 2.82. The van der Waals surface area contributed by atoms with Gasteiger partial charge in [-0.15, -0.1) is 0 Å². The van der Waals surface area contributed by atoms with Crippen molar-refractivity contribution in [1.29, 1.82) is 0 Å². The molecule has 3 heterocycles. The van der Waals surface area contributed by atoms with Gasteiger partial charge in [-0.3, -0.25) is 0 Å². The number of rotatable bonds is 1. The van der Waals surface area contributed by atoms with E-state index in [2.05, 4.69) is 34.1 Å². The molecule has 2 aromatic rings. The van der Waals surface area contributed by atoms with Crippen LogP contribution in [-0.4, -0.2) is 17.7 Å². The zero-order valence-corrected chi connectivity index (χ0v) is 10.8. The lowest BCUT2D eigenvalue weighted by molar-refractivity contribution is 0.438. The summed E-state index contributed by atoms with van der Waals surface area (Å²) in [6, 6.07) is 9.25. The summed E-state index contributed by atoms with van der Waals surface area (Å²) in [6.07, 6.45) is 5.22. The van der Waals surface area contributed by atoms with Crippen LogP contribution in [0.3, 0.4) is 0 Å². The first kappa shape index (κ1) is 10.6. The van der Waals surface area contributed by atoms with Crippen molar-refractivity contribution >= 4 is 10.9 Å². The number of benzene rings is 1. The third-order valence-electron chi connectivity index (χ3n) is 4.58. The fourth-order valence-corrected chi connectivity index (χ4v) is 3.74.